The molecule has 4 rings (SSSR count). The lowest BCUT2D eigenvalue weighted by Crippen LogP contribution is -2.55. The lowest BCUT2D eigenvalue weighted by molar-refractivity contribution is -0.177. The Labute approximate surface area is 157 Å². The Morgan fingerprint density at radius 2 is 1.69 bits per heavy atom. The Kier molecular flexibility index (Phi) is 3.99. The van der Waals surface area contributed by atoms with Crippen LogP contribution >= 0.6 is 0 Å². The molecule has 4 aliphatic rings. The fourth-order valence-electron chi connectivity index (χ4n) is 7.69. The minimum Gasteiger partial charge on any atom is -0.459 e. The van der Waals surface area contributed by atoms with Crippen molar-refractivity contribution in [3.63, 3.8) is 0 Å². The molecule has 0 unspecified atom stereocenters. The number of carbonyl (C=O) groups excluding carboxylic acids is 2. The summed E-state index contributed by atoms with van der Waals surface area (Å²) in [5.74, 6) is 2.27. The van der Waals surface area contributed by atoms with Crippen LogP contribution in [-0.2, 0) is 14.3 Å². The number of ketones is 1. The first kappa shape index (κ1) is 18.3. The van der Waals surface area contributed by atoms with Crippen molar-refractivity contribution in [2.75, 3.05) is 0 Å². The molecule has 0 amide bonds. The van der Waals surface area contributed by atoms with Crippen LogP contribution in [0.3, 0.4) is 0 Å². The second kappa shape index (κ2) is 5.69. The summed E-state index contributed by atoms with van der Waals surface area (Å²) >= 11 is 0. The zero-order chi connectivity index (χ0) is 18.9. The molecule has 6 atom stereocenters. The Morgan fingerprint density at radius 1 is 1.00 bits per heavy atom. The largest absolute Gasteiger partial charge is 0.459 e. The van der Waals surface area contributed by atoms with Crippen molar-refractivity contribution in [3.8, 4) is 0 Å². The molecule has 4 aliphatic carbocycles. The van der Waals surface area contributed by atoms with Gasteiger partial charge in [-0.25, -0.2) is 0 Å². The standard InChI is InChI=1S/C23H34O3/c1-14-17-7-6-16-18(21(17,3)11-10-20(14)25)8-12-22(4)19(16)9-13-23(22,5)26-15(2)24/h16,18-19H,6-13H2,1-5H3/t16-,18+,19+,21+,22+,23+/m1/s1. The van der Waals surface area contributed by atoms with Gasteiger partial charge in [-0.05, 0) is 87.5 Å². The van der Waals surface area contributed by atoms with Gasteiger partial charge in [-0.1, -0.05) is 19.4 Å². The van der Waals surface area contributed by atoms with E-state index in [2.05, 4.69) is 27.7 Å². The molecule has 0 aromatic heterocycles. The molecule has 0 heterocycles. The van der Waals surface area contributed by atoms with E-state index >= 15 is 0 Å². The van der Waals surface area contributed by atoms with Crippen LogP contribution in [0.15, 0.2) is 11.1 Å². The highest BCUT2D eigenvalue weighted by atomic mass is 16.6. The number of ether oxygens (including phenoxy) is 1. The van der Waals surface area contributed by atoms with E-state index in [1.165, 1.54) is 24.8 Å². The van der Waals surface area contributed by atoms with Gasteiger partial charge in [-0.3, -0.25) is 9.59 Å². The zero-order valence-corrected chi connectivity index (χ0v) is 17.1. The summed E-state index contributed by atoms with van der Waals surface area (Å²) in [6, 6.07) is 0. The zero-order valence-electron chi connectivity index (χ0n) is 17.1. The molecule has 0 spiro atoms. The van der Waals surface area contributed by atoms with Crippen molar-refractivity contribution in [2.24, 2.45) is 28.6 Å². The monoisotopic (exact) mass is 358 g/mol. The highest BCUT2D eigenvalue weighted by Crippen LogP contribution is 2.68. The quantitative estimate of drug-likeness (QED) is 0.603. The van der Waals surface area contributed by atoms with Crippen LogP contribution in [0, 0.1) is 28.6 Å². The van der Waals surface area contributed by atoms with E-state index in [1.54, 1.807) is 6.92 Å². The van der Waals surface area contributed by atoms with Crippen molar-refractivity contribution in [2.45, 2.75) is 91.6 Å². The SMILES string of the molecule is CC(=O)O[C@@]1(C)CC[C@H]2[C@@H]3CCC4=C(C)C(=O)CC[C@]4(C)[C@H]3CC[C@@]21C. The molecule has 3 saturated carbocycles. The van der Waals surface area contributed by atoms with Gasteiger partial charge < -0.3 is 4.74 Å². The van der Waals surface area contributed by atoms with Gasteiger partial charge >= 0.3 is 5.97 Å². The summed E-state index contributed by atoms with van der Waals surface area (Å²) in [5, 5.41) is 0. The van der Waals surface area contributed by atoms with E-state index in [0.717, 1.165) is 37.7 Å². The molecule has 144 valence electrons. The molecule has 3 nitrogen and oxygen atoms in total. The van der Waals surface area contributed by atoms with Gasteiger partial charge in [0.1, 0.15) is 5.60 Å². The maximum absolute atomic E-state index is 12.3. The first-order chi connectivity index (χ1) is 12.1. The van der Waals surface area contributed by atoms with Crippen molar-refractivity contribution in [3.05, 3.63) is 11.1 Å². The van der Waals surface area contributed by atoms with Gasteiger partial charge in [0.15, 0.2) is 5.78 Å². The molecular weight excluding hydrogens is 324 g/mol. The highest BCUT2D eigenvalue weighted by molar-refractivity contribution is 5.96. The third kappa shape index (κ3) is 2.24. The Balaban J connectivity index is 1.68. The van der Waals surface area contributed by atoms with Crippen molar-refractivity contribution in [1.29, 1.82) is 0 Å². The normalized spacial score (nSPS) is 47.9. The van der Waals surface area contributed by atoms with Gasteiger partial charge in [-0.15, -0.1) is 0 Å². The van der Waals surface area contributed by atoms with E-state index in [0.29, 0.717) is 23.5 Å². The van der Waals surface area contributed by atoms with Gasteiger partial charge in [-0.2, -0.15) is 0 Å². The van der Waals surface area contributed by atoms with Gasteiger partial charge in [0.2, 0.25) is 0 Å². The Bertz CT molecular complexity index is 692. The fourth-order valence-corrected chi connectivity index (χ4v) is 7.69. The number of esters is 1. The van der Waals surface area contributed by atoms with Gasteiger partial charge in [0.25, 0.3) is 0 Å². The third-order valence-corrected chi connectivity index (χ3v) is 9.31. The number of hydrogen-bond donors (Lipinski definition) is 0. The summed E-state index contributed by atoms with van der Waals surface area (Å²) in [5.41, 5.74) is 2.53. The smallest absolute Gasteiger partial charge is 0.303 e. The lowest BCUT2D eigenvalue weighted by Gasteiger charge is -2.59. The minimum absolute atomic E-state index is 0.0942. The highest BCUT2D eigenvalue weighted by Gasteiger charge is 2.64. The van der Waals surface area contributed by atoms with Crippen LogP contribution in [0.25, 0.3) is 0 Å². The molecule has 0 saturated heterocycles. The molecule has 0 bridgehead atoms. The molecule has 26 heavy (non-hydrogen) atoms. The number of hydrogen-bond acceptors (Lipinski definition) is 3. The van der Waals surface area contributed by atoms with E-state index in [4.69, 9.17) is 4.74 Å². The molecule has 3 heteroatoms. The summed E-state index contributed by atoms with van der Waals surface area (Å²) in [7, 11) is 0. The number of fused-ring (bicyclic) bond motifs is 5. The van der Waals surface area contributed by atoms with Gasteiger partial charge in [0, 0.05) is 18.8 Å². The summed E-state index contributed by atoms with van der Waals surface area (Å²) < 4.78 is 5.92. The maximum atomic E-state index is 12.3. The predicted octanol–water partition coefficient (Wildman–Crippen LogP) is 5.23. The van der Waals surface area contributed by atoms with E-state index in [-0.39, 0.29) is 22.4 Å². The number of Topliss-reactive ketones (excluding diaryl/α,β-unsaturated/α-hetero) is 1. The van der Waals surface area contributed by atoms with Crippen molar-refractivity contribution in [1.82, 2.24) is 0 Å². The first-order valence-corrected chi connectivity index (χ1v) is 10.6. The first-order valence-electron chi connectivity index (χ1n) is 10.6. The van der Waals surface area contributed by atoms with Crippen molar-refractivity contribution < 1.29 is 14.3 Å². The number of carbonyl (C=O) groups is 2. The molecule has 0 aliphatic heterocycles. The molecule has 0 aromatic rings. The van der Waals surface area contributed by atoms with E-state index in [9.17, 15) is 9.59 Å². The average molecular weight is 359 g/mol. The fraction of sp³-hybridized carbons (Fsp3) is 0.826. The van der Waals surface area contributed by atoms with Crippen LogP contribution < -0.4 is 0 Å². The molecular formula is C23H34O3. The molecule has 0 radical (unpaired) electrons. The molecule has 3 fully saturated rings. The molecule has 0 aromatic carbocycles. The predicted molar refractivity (Wildman–Crippen MR) is 101 cm³/mol. The lowest BCUT2D eigenvalue weighted by atomic mass is 9.46. The van der Waals surface area contributed by atoms with Crippen LogP contribution in [0.4, 0.5) is 0 Å². The van der Waals surface area contributed by atoms with Crippen LogP contribution in [0.1, 0.15) is 86.0 Å². The van der Waals surface area contributed by atoms with Crippen LogP contribution in [0.5, 0.6) is 0 Å². The van der Waals surface area contributed by atoms with E-state index < -0.39 is 0 Å². The van der Waals surface area contributed by atoms with Gasteiger partial charge in [0.05, 0.1) is 0 Å². The van der Waals surface area contributed by atoms with Crippen molar-refractivity contribution >= 4 is 11.8 Å². The summed E-state index contributed by atoms with van der Waals surface area (Å²) in [6.45, 7) is 10.6. The summed E-state index contributed by atoms with van der Waals surface area (Å²) in [4.78, 5) is 24.0. The second-order valence-electron chi connectivity index (χ2n) is 10.2. The average Bonchev–Trinajstić information content (AvgIpc) is 2.82. The molecule has 0 N–H and O–H groups in total. The number of rotatable bonds is 1. The topological polar surface area (TPSA) is 43.4 Å². The Hall–Kier alpha value is -1.12. The minimum atomic E-state index is -0.316. The van der Waals surface area contributed by atoms with Crippen LogP contribution in [-0.4, -0.2) is 17.4 Å². The third-order valence-electron chi connectivity index (χ3n) is 9.31. The number of allylic oxidation sites excluding steroid dienone is 1. The summed E-state index contributed by atoms with van der Waals surface area (Å²) in [6.07, 6.45) is 8.56. The second-order valence-corrected chi connectivity index (χ2v) is 10.2. The van der Waals surface area contributed by atoms with E-state index in [1.807, 2.05) is 0 Å². The Morgan fingerprint density at radius 3 is 2.38 bits per heavy atom. The maximum Gasteiger partial charge on any atom is 0.303 e. The van der Waals surface area contributed by atoms with Crippen LogP contribution in [0.2, 0.25) is 0 Å².